The summed E-state index contributed by atoms with van der Waals surface area (Å²) in [5, 5.41) is 1.51. The Labute approximate surface area is 101 Å². The standard InChI is InChI=1S/C8H7N4O3S2/c13-7-12(11-3-1-2-4-11)17(14,15)10-8-5-16-6-9-8/h1-6,10H. The smallest absolute Gasteiger partial charge is 0.260 e. The predicted octanol–water partition coefficient (Wildman–Crippen LogP) is 0.307. The SMILES string of the molecule is O=[C]N(n1cccc1)S(=O)(=O)Nc1cscn1. The number of aromatic nitrogens is 2. The van der Waals surface area contributed by atoms with Gasteiger partial charge in [-0.15, -0.1) is 15.8 Å². The van der Waals surface area contributed by atoms with E-state index >= 15 is 0 Å². The molecule has 0 aliphatic rings. The van der Waals surface area contributed by atoms with Crippen LogP contribution in [0.3, 0.4) is 0 Å². The molecular weight excluding hydrogens is 264 g/mol. The van der Waals surface area contributed by atoms with Gasteiger partial charge in [0.05, 0.1) is 5.51 Å². The number of nitrogens with one attached hydrogen (secondary N) is 1. The highest BCUT2D eigenvalue weighted by Gasteiger charge is 2.23. The van der Waals surface area contributed by atoms with Gasteiger partial charge in [-0.25, -0.2) is 14.4 Å². The summed E-state index contributed by atoms with van der Waals surface area (Å²) in [5.74, 6) is 0.155. The second-order valence-corrected chi connectivity index (χ2v) is 5.10. The van der Waals surface area contributed by atoms with Crippen LogP contribution < -0.4 is 9.14 Å². The van der Waals surface area contributed by atoms with Crippen molar-refractivity contribution in [3.05, 3.63) is 35.4 Å². The number of rotatable bonds is 5. The Balaban J connectivity index is 2.28. The average molecular weight is 271 g/mol. The van der Waals surface area contributed by atoms with Crippen molar-refractivity contribution in [2.24, 2.45) is 0 Å². The average Bonchev–Trinajstić information content (AvgIpc) is 2.90. The molecule has 2 heterocycles. The number of thiazole rings is 1. The van der Waals surface area contributed by atoms with Gasteiger partial charge in [0.15, 0.2) is 5.82 Å². The molecule has 0 bridgehead atoms. The number of carbonyl (C=O) groups excluding carboxylic acids is 1. The van der Waals surface area contributed by atoms with Gasteiger partial charge in [0.1, 0.15) is 0 Å². The van der Waals surface area contributed by atoms with Crippen LogP contribution in [0.4, 0.5) is 5.82 Å². The van der Waals surface area contributed by atoms with Crippen LogP contribution >= 0.6 is 11.3 Å². The van der Waals surface area contributed by atoms with E-state index in [2.05, 4.69) is 9.71 Å². The maximum Gasteiger partial charge on any atom is 0.349 e. The van der Waals surface area contributed by atoms with E-state index < -0.39 is 10.2 Å². The molecular formula is C8H7N4O3S2. The Kier molecular flexibility index (Phi) is 3.11. The Morgan fingerprint density at radius 3 is 2.65 bits per heavy atom. The number of hydrogen-bond donors (Lipinski definition) is 1. The van der Waals surface area contributed by atoms with Crippen LogP contribution in [-0.2, 0) is 15.0 Å². The minimum atomic E-state index is -4.05. The van der Waals surface area contributed by atoms with E-state index in [4.69, 9.17) is 0 Å². The van der Waals surface area contributed by atoms with Crippen LogP contribution in [0, 0.1) is 0 Å². The van der Waals surface area contributed by atoms with Crippen molar-refractivity contribution in [2.45, 2.75) is 0 Å². The maximum atomic E-state index is 11.8. The van der Waals surface area contributed by atoms with E-state index in [1.54, 1.807) is 12.1 Å². The molecule has 1 amide bonds. The summed E-state index contributed by atoms with van der Waals surface area (Å²) in [6.07, 6.45) is 4.14. The third-order valence-electron chi connectivity index (χ3n) is 1.77. The van der Waals surface area contributed by atoms with Gasteiger partial charge in [-0.3, -0.25) is 4.79 Å². The predicted molar refractivity (Wildman–Crippen MR) is 63.0 cm³/mol. The van der Waals surface area contributed by atoms with Crippen molar-refractivity contribution in [3.63, 3.8) is 0 Å². The highest BCUT2D eigenvalue weighted by Crippen LogP contribution is 2.10. The summed E-state index contributed by atoms with van der Waals surface area (Å²) >= 11 is 1.24. The number of hydrogen-bond acceptors (Lipinski definition) is 5. The Bertz CT molecular complexity index is 576. The molecule has 0 atom stereocenters. The molecule has 0 saturated heterocycles. The molecule has 0 aliphatic carbocycles. The lowest BCUT2D eigenvalue weighted by Gasteiger charge is -2.17. The first-order valence-corrected chi connectivity index (χ1v) is 6.74. The number of nitrogens with zero attached hydrogens (tertiary/aromatic N) is 3. The van der Waals surface area contributed by atoms with Crippen molar-refractivity contribution >= 4 is 33.8 Å². The molecule has 7 nitrogen and oxygen atoms in total. The molecule has 0 spiro atoms. The van der Waals surface area contributed by atoms with Gasteiger partial charge in [-0.05, 0) is 12.1 Å². The summed E-state index contributed by atoms with van der Waals surface area (Å²) in [5.41, 5.74) is 1.47. The van der Waals surface area contributed by atoms with E-state index in [1.165, 1.54) is 41.0 Å². The second kappa shape index (κ2) is 4.55. The van der Waals surface area contributed by atoms with Crippen LogP contribution in [0.25, 0.3) is 0 Å². The quantitative estimate of drug-likeness (QED) is 0.793. The van der Waals surface area contributed by atoms with Gasteiger partial charge in [0.25, 0.3) is 0 Å². The lowest BCUT2D eigenvalue weighted by Crippen LogP contribution is -2.42. The summed E-state index contributed by atoms with van der Waals surface area (Å²) in [6.45, 7) is 0. The van der Waals surface area contributed by atoms with Gasteiger partial charge in [-0.1, -0.05) is 0 Å². The van der Waals surface area contributed by atoms with E-state index in [0.29, 0.717) is 4.41 Å². The Hall–Kier alpha value is -1.87. The zero-order valence-electron chi connectivity index (χ0n) is 8.35. The molecule has 9 heteroatoms. The third-order valence-corrected chi connectivity index (χ3v) is 3.54. The molecule has 1 N–H and O–H groups in total. The first kappa shape index (κ1) is 11.6. The van der Waals surface area contributed by atoms with Crippen molar-refractivity contribution < 1.29 is 13.2 Å². The monoisotopic (exact) mass is 271 g/mol. The minimum absolute atomic E-state index is 0.155. The number of anilines is 1. The molecule has 0 aromatic carbocycles. The molecule has 0 fully saturated rings. The lowest BCUT2D eigenvalue weighted by molar-refractivity contribution is 0.541. The van der Waals surface area contributed by atoms with E-state index in [0.717, 1.165) is 4.68 Å². The molecule has 0 aliphatic heterocycles. The van der Waals surface area contributed by atoms with Crippen molar-refractivity contribution in [1.29, 1.82) is 0 Å². The van der Waals surface area contributed by atoms with Crippen LogP contribution in [0.2, 0.25) is 0 Å². The summed E-state index contributed by atoms with van der Waals surface area (Å²) in [7, 11) is -4.05. The second-order valence-electron chi connectivity index (χ2n) is 2.88. The van der Waals surface area contributed by atoms with E-state index in [-0.39, 0.29) is 5.82 Å². The van der Waals surface area contributed by atoms with Crippen molar-refractivity contribution in [1.82, 2.24) is 9.66 Å². The Morgan fingerprint density at radius 1 is 1.41 bits per heavy atom. The topological polar surface area (TPSA) is 84.3 Å². The summed E-state index contributed by atoms with van der Waals surface area (Å²) < 4.78 is 27.3. The van der Waals surface area contributed by atoms with Gasteiger partial charge >= 0.3 is 16.6 Å². The first-order chi connectivity index (χ1) is 8.13. The van der Waals surface area contributed by atoms with Crippen LogP contribution in [0.5, 0.6) is 0 Å². The molecule has 1 radical (unpaired) electrons. The summed E-state index contributed by atoms with van der Waals surface area (Å²) in [4.78, 5) is 14.5. The molecule has 2 aromatic rings. The fourth-order valence-corrected chi connectivity index (χ4v) is 2.58. The fourth-order valence-electron chi connectivity index (χ4n) is 1.11. The summed E-state index contributed by atoms with van der Waals surface area (Å²) in [6, 6.07) is 3.17. The largest absolute Gasteiger partial charge is 0.349 e. The molecule has 89 valence electrons. The fraction of sp³-hybridized carbons (Fsp3) is 0. The van der Waals surface area contributed by atoms with Crippen LogP contribution in [0.15, 0.2) is 35.4 Å². The third kappa shape index (κ3) is 2.45. The van der Waals surface area contributed by atoms with Gasteiger partial charge in [-0.2, -0.15) is 8.42 Å². The van der Waals surface area contributed by atoms with E-state index in [1.807, 2.05) is 0 Å². The molecule has 2 aromatic heterocycles. The Morgan fingerprint density at radius 2 is 2.12 bits per heavy atom. The zero-order chi connectivity index (χ0) is 12.3. The molecule has 17 heavy (non-hydrogen) atoms. The minimum Gasteiger partial charge on any atom is -0.260 e. The highest BCUT2D eigenvalue weighted by molar-refractivity contribution is 7.94. The lowest BCUT2D eigenvalue weighted by atomic mass is 10.7. The van der Waals surface area contributed by atoms with Crippen molar-refractivity contribution in [3.8, 4) is 0 Å². The molecule has 0 saturated carbocycles. The van der Waals surface area contributed by atoms with Crippen LogP contribution in [-0.4, -0.2) is 24.5 Å². The zero-order valence-corrected chi connectivity index (χ0v) is 9.98. The van der Waals surface area contributed by atoms with Crippen molar-refractivity contribution in [2.75, 3.05) is 9.14 Å². The van der Waals surface area contributed by atoms with Gasteiger partial charge in [0, 0.05) is 17.8 Å². The molecule has 2 rings (SSSR count). The number of amides is 1. The van der Waals surface area contributed by atoms with E-state index in [9.17, 15) is 13.2 Å². The first-order valence-electron chi connectivity index (χ1n) is 4.36. The van der Waals surface area contributed by atoms with Crippen LogP contribution in [0.1, 0.15) is 0 Å². The van der Waals surface area contributed by atoms with Gasteiger partial charge in [0.2, 0.25) is 0 Å². The molecule has 0 unspecified atom stereocenters. The normalized spacial score (nSPS) is 11.1. The van der Waals surface area contributed by atoms with Gasteiger partial charge < -0.3 is 0 Å². The maximum absolute atomic E-state index is 11.8. The highest BCUT2D eigenvalue weighted by atomic mass is 32.2.